The van der Waals surface area contributed by atoms with Crippen LogP contribution in [0.25, 0.3) is 21.2 Å². The normalized spacial score (nSPS) is 10.6. The summed E-state index contributed by atoms with van der Waals surface area (Å²) in [5, 5.41) is 11.5. The van der Waals surface area contributed by atoms with Gasteiger partial charge < -0.3 is 0 Å². The maximum Gasteiger partial charge on any atom is 0.110 e. The second-order valence-corrected chi connectivity index (χ2v) is 6.28. The van der Waals surface area contributed by atoms with Gasteiger partial charge in [0.15, 0.2) is 0 Å². The molecule has 0 fully saturated rings. The molecule has 1 aromatic heterocycles. The molecule has 0 amide bonds. The third-order valence-electron chi connectivity index (χ3n) is 3.18. The van der Waals surface area contributed by atoms with Gasteiger partial charge in [-0.1, -0.05) is 36.4 Å². The van der Waals surface area contributed by atoms with Gasteiger partial charge in [0, 0.05) is 10.0 Å². The second kappa shape index (κ2) is 4.80. The summed E-state index contributed by atoms with van der Waals surface area (Å²) in [6, 6.07) is 16.7. The first-order valence-electron chi connectivity index (χ1n) is 5.89. The summed E-state index contributed by atoms with van der Waals surface area (Å²) in [4.78, 5) is 1.85. The number of hydrogen-bond donors (Lipinski definition) is 0. The number of nitriles is 1. The lowest BCUT2D eigenvalue weighted by molar-refractivity contribution is 1.52. The predicted octanol–water partition coefficient (Wildman–Crippen LogP) is 5.51. The van der Waals surface area contributed by atoms with E-state index < -0.39 is 0 Å². The highest BCUT2D eigenvalue weighted by Gasteiger charge is 2.12. The molecule has 19 heavy (non-hydrogen) atoms. The van der Waals surface area contributed by atoms with Crippen molar-refractivity contribution >= 4 is 38.0 Å². The topological polar surface area (TPSA) is 23.8 Å². The molecule has 0 radical (unpaired) electrons. The van der Waals surface area contributed by atoms with Gasteiger partial charge in [-0.3, -0.25) is 0 Å². The van der Waals surface area contributed by atoms with Crippen LogP contribution in [0.1, 0.15) is 10.4 Å². The van der Waals surface area contributed by atoms with Crippen molar-refractivity contribution in [2.24, 2.45) is 0 Å². The minimum absolute atomic E-state index is 0.728. The Balaban J connectivity index is 2.34. The zero-order chi connectivity index (χ0) is 13.4. The van der Waals surface area contributed by atoms with Gasteiger partial charge in [0.1, 0.15) is 10.9 Å². The Morgan fingerprint density at radius 2 is 1.84 bits per heavy atom. The van der Waals surface area contributed by atoms with Crippen molar-refractivity contribution in [1.29, 1.82) is 5.26 Å². The number of rotatable bonds is 1. The van der Waals surface area contributed by atoms with Crippen molar-refractivity contribution in [1.82, 2.24) is 0 Å². The maximum atomic E-state index is 9.02. The number of nitrogens with zero attached hydrogens (tertiary/aromatic N) is 1. The molecule has 0 aliphatic heterocycles. The van der Waals surface area contributed by atoms with Gasteiger partial charge in [-0.25, -0.2) is 0 Å². The molecular formula is C16H10BrNS. The van der Waals surface area contributed by atoms with Gasteiger partial charge in [0.2, 0.25) is 0 Å². The molecule has 0 atom stereocenters. The monoisotopic (exact) mass is 327 g/mol. The van der Waals surface area contributed by atoms with Gasteiger partial charge in [-0.15, -0.1) is 11.3 Å². The molecule has 0 saturated heterocycles. The molecule has 2 aromatic carbocycles. The van der Waals surface area contributed by atoms with Crippen molar-refractivity contribution in [2.45, 2.75) is 6.92 Å². The Morgan fingerprint density at radius 3 is 2.53 bits per heavy atom. The number of fused-ring (bicyclic) bond motifs is 1. The maximum absolute atomic E-state index is 9.02. The van der Waals surface area contributed by atoms with E-state index in [0.29, 0.717) is 0 Å². The second-order valence-electron chi connectivity index (χ2n) is 4.38. The fourth-order valence-electron chi connectivity index (χ4n) is 2.26. The molecule has 0 unspecified atom stereocenters. The van der Waals surface area contributed by atoms with E-state index in [9.17, 15) is 0 Å². The van der Waals surface area contributed by atoms with E-state index in [2.05, 4.69) is 65.3 Å². The first-order valence-corrected chi connectivity index (χ1v) is 7.50. The van der Waals surface area contributed by atoms with Crippen LogP contribution in [0.15, 0.2) is 46.9 Å². The lowest BCUT2D eigenvalue weighted by Crippen LogP contribution is -1.82. The van der Waals surface area contributed by atoms with Crippen LogP contribution in [0.5, 0.6) is 0 Å². The number of hydrogen-bond acceptors (Lipinski definition) is 2. The highest BCUT2D eigenvalue weighted by atomic mass is 79.9. The van der Waals surface area contributed by atoms with Crippen molar-refractivity contribution in [3.8, 4) is 16.5 Å². The number of aryl methyl sites for hydroxylation is 1. The average molecular weight is 328 g/mol. The van der Waals surface area contributed by atoms with Crippen LogP contribution >= 0.6 is 27.3 Å². The van der Waals surface area contributed by atoms with Crippen molar-refractivity contribution in [3.63, 3.8) is 0 Å². The highest BCUT2D eigenvalue weighted by Crippen LogP contribution is 2.40. The molecule has 0 N–H and O–H groups in total. The minimum atomic E-state index is 0.728. The van der Waals surface area contributed by atoms with E-state index in [-0.39, 0.29) is 0 Å². The van der Waals surface area contributed by atoms with Gasteiger partial charge in [0.05, 0.1) is 4.88 Å². The first kappa shape index (κ1) is 12.4. The molecule has 3 rings (SSSR count). The van der Waals surface area contributed by atoms with Crippen LogP contribution < -0.4 is 0 Å². The summed E-state index contributed by atoms with van der Waals surface area (Å²) < 4.78 is 0.989. The summed E-state index contributed by atoms with van der Waals surface area (Å²) in [6.45, 7) is 2.12. The summed E-state index contributed by atoms with van der Waals surface area (Å²) in [5.41, 5.74) is 2.45. The minimum Gasteiger partial charge on any atom is -0.192 e. The van der Waals surface area contributed by atoms with E-state index >= 15 is 0 Å². The Kier molecular flexibility index (Phi) is 3.14. The van der Waals surface area contributed by atoms with Gasteiger partial charge in [-0.05, 0) is 45.3 Å². The van der Waals surface area contributed by atoms with E-state index in [1.807, 2.05) is 6.07 Å². The van der Waals surface area contributed by atoms with E-state index in [4.69, 9.17) is 5.26 Å². The van der Waals surface area contributed by atoms with Crippen molar-refractivity contribution in [3.05, 3.63) is 57.4 Å². The molecule has 3 aromatic rings. The third-order valence-corrected chi connectivity index (χ3v) is 5.14. The zero-order valence-electron chi connectivity index (χ0n) is 10.3. The fraction of sp³-hybridized carbons (Fsp3) is 0.0625. The molecule has 1 heterocycles. The highest BCUT2D eigenvalue weighted by molar-refractivity contribution is 9.10. The summed E-state index contributed by atoms with van der Waals surface area (Å²) in [7, 11) is 0. The van der Waals surface area contributed by atoms with Crippen LogP contribution in [0, 0.1) is 18.3 Å². The molecule has 0 bridgehead atoms. The van der Waals surface area contributed by atoms with Crippen LogP contribution in [-0.4, -0.2) is 0 Å². The Hall–Kier alpha value is -1.63. The van der Waals surface area contributed by atoms with Gasteiger partial charge in [0.25, 0.3) is 0 Å². The largest absolute Gasteiger partial charge is 0.192 e. The molecule has 3 heteroatoms. The number of benzene rings is 2. The molecule has 0 aliphatic carbocycles. The third kappa shape index (κ3) is 2.07. The molecule has 0 spiro atoms. The molecule has 1 nitrogen and oxygen atoms in total. The van der Waals surface area contributed by atoms with Crippen molar-refractivity contribution < 1.29 is 0 Å². The van der Waals surface area contributed by atoms with Gasteiger partial charge >= 0.3 is 0 Å². The van der Waals surface area contributed by atoms with Gasteiger partial charge in [-0.2, -0.15) is 5.26 Å². The first-order chi connectivity index (χ1) is 9.20. The molecule has 92 valence electrons. The van der Waals surface area contributed by atoms with Crippen molar-refractivity contribution in [2.75, 3.05) is 0 Å². The summed E-state index contributed by atoms with van der Waals surface area (Å²) in [6.07, 6.45) is 0. The number of thiophene rings is 1. The Morgan fingerprint density at radius 1 is 1.11 bits per heavy atom. The molecule has 0 saturated carbocycles. The van der Waals surface area contributed by atoms with E-state index in [1.54, 1.807) is 0 Å². The molecule has 0 aliphatic rings. The average Bonchev–Trinajstić information content (AvgIpc) is 2.81. The lowest BCUT2D eigenvalue weighted by Gasteiger charge is -2.08. The summed E-state index contributed by atoms with van der Waals surface area (Å²) in [5.74, 6) is 0. The SMILES string of the molecule is Cc1ccc(-c2sc(C#N)cc2Br)c2ccccc12. The predicted molar refractivity (Wildman–Crippen MR) is 84.4 cm³/mol. The Labute approximate surface area is 124 Å². The standard InChI is InChI=1S/C16H10BrNS/c1-10-6-7-14(13-5-3-2-4-12(10)13)16-15(17)8-11(9-18)19-16/h2-8H,1H3. The van der Waals surface area contributed by atoms with Crippen LogP contribution in [0.4, 0.5) is 0 Å². The van der Waals surface area contributed by atoms with Crippen LogP contribution in [-0.2, 0) is 0 Å². The van der Waals surface area contributed by atoms with Crippen LogP contribution in [0.2, 0.25) is 0 Å². The van der Waals surface area contributed by atoms with E-state index in [1.165, 1.54) is 33.2 Å². The quantitative estimate of drug-likeness (QED) is 0.578. The zero-order valence-corrected chi connectivity index (χ0v) is 12.7. The fourth-order valence-corrected chi connectivity index (χ4v) is 3.98. The number of halogens is 1. The Bertz CT molecular complexity index is 811. The lowest BCUT2D eigenvalue weighted by atomic mass is 9.99. The molecular weight excluding hydrogens is 318 g/mol. The van der Waals surface area contributed by atoms with E-state index in [0.717, 1.165) is 14.2 Å². The summed E-state index contributed by atoms with van der Waals surface area (Å²) >= 11 is 5.08. The smallest absolute Gasteiger partial charge is 0.110 e. The van der Waals surface area contributed by atoms with Crippen LogP contribution in [0.3, 0.4) is 0 Å².